The van der Waals surface area contributed by atoms with Crippen LogP contribution in [-0.2, 0) is 9.84 Å². The van der Waals surface area contributed by atoms with Gasteiger partial charge in [-0.05, 0) is 30.3 Å². The van der Waals surface area contributed by atoms with Crippen LogP contribution < -0.4 is 9.47 Å². The molecule has 0 saturated heterocycles. The molecule has 0 spiro atoms. The van der Waals surface area contributed by atoms with Gasteiger partial charge in [-0.3, -0.25) is 9.97 Å². The van der Waals surface area contributed by atoms with Gasteiger partial charge < -0.3 is 14.5 Å². The number of H-pyrrole nitrogens is 1. The predicted molar refractivity (Wildman–Crippen MR) is 134 cm³/mol. The number of nitrogens with zero attached hydrogens (tertiary/aromatic N) is 5. The summed E-state index contributed by atoms with van der Waals surface area (Å²) in [7, 11) is -3.43. The van der Waals surface area contributed by atoms with E-state index in [-0.39, 0.29) is 10.8 Å². The fourth-order valence-corrected chi connectivity index (χ4v) is 4.15. The van der Waals surface area contributed by atoms with Crippen LogP contribution in [0.5, 0.6) is 23.0 Å². The molecule has 0 atom stereocenters. The smallest absolute Gasteiger partial charge is 0.195 e. The number of pyridine rings is 2. The molecule has 0 fully saturated rings. The first-order valence-electron chi connectivity index (χ1n) is 10.9. The first-order valence-corrected chi connectivity index (χ1v) is 12.5. The highest BCUT2D eigenvalue weighted by molar-refractivity contribution is 7.91. The second kappa shape index (κ2) is 9.55. The molecule has 0 saturated carbocycles. The van der Waals surface area contributed by atoms with Crippen molar-refractivity contribution in [2.75, 3.05) is 5.75 Å². The molecule has 4 aromatic heterocycles. The number of nitrogens with one attached hydrogen (secondary N) is 1. The van der Waals surface area contributed by atoms with Gasteiger partial charge in [-0.1, -0.05) is 13.5 Å². The highest BCUT2D eigenvalue weighted by Gasteiger charge is 2.17. The molecule has 4 heterocycles. The molecular weight excluding hydrogens is 480 g/mol. The van der Waals surface area contributed by atoms with Gasteiger partial charge in [0.1, 0.15) is 17.1 Å². The minimum absolute atomic E-state index is 0.0163. The van der Waals surface area contributed by atoms with Crippen LogP contribution >= 0.6 is 0 Å². The Hall–Kier alpha value is -4.64. The number of hydrogen-bond acceptors (Lipinski definition) is 9. The number of ether oxygens (including phenoxy) is 2. The average molecular weight is 501 g/mol. The zero-order valence-corrected chi connectivity index (χ0v) is 19.9. The molecule has 180 valence electrons. The number of sulfone groups is 1. The zero-order valence-electron chi connectivity index (χ0n) is 19.1. The second-order valence-corrected chi connectivity index (χ2v) is 9.75. The third kappa shape index (κ3) is 4.64. The summed E-state index contributed by atoms with van der Waals surface area (Å²) in [4.78, 5) is 24.5. The summed E-state index contributed by atoms with van der Waals surface area (Å²) < 4.78 is 36.4. The minimum atomic E-state index is -3.43. The van der Waals surface area contributed by atoms with Crippen LogP contribution in [0.3, 0.4) is 0 Å². The molecule has 0 amide bonds. The third-order valence-corrected chi connectivity index (χ3v) is 6.84. The third-order valence-electron chi connectivity index (χ3n) is 5.20. The lowest BCUT2D eigenvalue weighted by molar-refractivity contribution is 0.417. The normalized spacial score (nSPS) is 11.4. The van der Waals surface area contributed by atoms with E-state index in [4.69, 9.17) is 9.47 Å². The SMILES string of the molecule is C=Cc1ncccc1Oc1cc2nc(-c3cnccn3)[nH]c2cc1Oc1ccc(S(=O)(=O)CC)nc1. The monoisotopic (exact) mass is 500 g/mol. The fourth-order valence-electron chi connectivity index (χ4n) is 3.37. The van der Waals surface area contributed by atoms with E-state index in [0.29, 0.717) is 51.2 Å². The number of benzene rings is 1. The molecular formula is C25H20N6O4S. The van der Waals surface area contributed by atoms with Gasteiger partial charge in [0, 0.05) is 30.7 Å². The van der Waals surface area contributed by atoms with Gasteiger partial charge in [0.2, 0.25) is 0 Å². The Morgan fingerprint density at radius 1 is 0.972 bits per heavy atom. The van der Waals surface area contributed by atoms with E-state index in [0.717, 1.165) is 0 Å². The quantitative estimate of drug-likeness (QED) is 0.318. The van der Waals surface area contributed by atoms with Crippen molar-refractivity contribution in [3.8, 4) is 34.5 Å². The number of rotatable bonds is 8. The van der Waals surface area contributed by atoms with E-state index >= 15 is 0 Å². The predicted octanol–water partition coefficient (Wildman–Crippen LogP) is 4.83. The number of aromatic amines is 1. The maximum atomic E-state index is 12.1. The Morgan fingerprint density at radius 2 is 1.83 bits per heavy atom. The highest BCUT2D eigenvalue weighted by atomic mass is 32.2. The molecule has 0 aliphatic heterocycles. The lowest BCUT2D eigenvalue weighted by Gasteiger charge is -2.13. The van der Waals surface area contributed by atoms with E-state index in [1.165, 1.54) is 12.3 Å². The van der Waals surface area contributed by atoms with Crippen molar-refractivity contribution < 1.29 is 17.9 Å². The van der Waals surface area contributed by atoms with Gasteiger partial charge in [0.25, 0.3) is 0 Å². The largest absolute Gasteiger partial charge is 0.452 e. The summed E-state index contributed by atoms with van der Waals surface area (Å²) in [5.41, 5.74) is 2.43. The molecule has 5 aromatic rings. The standard InChI is InChI=1S/C25H20N6O4S/c1-3-17-21(6-5-9-27-17)35-23-13-19-18(30-25(31-19)20-15-26-10-11-28-20)12-22(23)34-16-7-8-24(29-14-16)36(32,33)4-2/h3,5-15H,1,4H2,2H3,(H,30,31). The lowest BCUT2D eigenvalue weighted by atomic mass is 10.2. The van der Waals surface area contributed by atoms with Crippen LogP contribution in [0.1, 0.15) is 12.6 Å². The summed E-state index contributed by atoms with van der Waals surface area (Å²) in [6.07, 6.45) is 9.36. The maximum absolute atomic E-state index is 12.1. The van der Waals surface area contributed by atoms with Crippen LogP contribution in [0.15, 0.2) is 79.0 Å². The molecule has 10 nitrogen and oxygen atoms in total. The average Bonchev–Trinajstić information content (AvgIpc) is 3.33. The molecule has 5 rings (SSSR count). The summed E-state index contributed by atoms with van der Waals surface area (Å²) in [6.45, 7) is 5.35. The van der Waals surface area contributed by atoms with Gasteiger partial charge in [0.05, 0.1) is 29.2 Å². The Balaban J connectivity index is 1.57. The van der Waals surface area contributed by atoms with Crippen molar-refractivity contribution in [3.63, 3.8) is 0 Å². The van der Waals surface area contributed by atoms with E-state index in [1.807, 2.05) is 0 Å². The van der Waals surface area contributed by atoms with Crippen molar-refractivity contribution in [1.82, 2.24) is 29.9 Å². The molecule has 0 unspecified atom stereocenters. The van der Waals surface area contributed by atoms with Crippen molar-refractivity contribution >= 4 is 26.9 Å². The van der Waals surface area contributed by atoms with Crippen LogP contribution in [0.4, 0.5) is 0 Å². The van der Waals surface area contributed by atoms with Crippen LogP contribution in [0, 0.1) is 0 Å². The summed E-state index contributed by atoms with van der Waals surface area (Å²) in [6, 6.07) is 9.92. The summed E-state index contributed by atoms with van der Waals surface area (Å²) in [5, 5.41) is -0.0163. The summed E-state index contributed by atoms with van der Waals surface area (Å²) in [5.74, 6) is 2.01. The first-order chi connectivity index (χ1) is 17.5. The number of fused-ring (bicyclic) bond motifs is 1. The molecule has 1 N–H and O–H groups in total. The van der Waals surface area contributed by atoms with Crippen molar-refractivity contribution in [3.05, 3.63) is 79.7 Å². The molecule has 1 aromatic carbocycles. The molecule has 11 heteroatoms. The Kier molecular flexibility index (Phi) is 6.13. The van der Waals surface area contributed by atoms with Crippen LogP contribution in [-0.4, -0.2) is 44.1 Å². The molecule has 0 aliphatic rings. The zero-order chi connectivity index (χ0) is 25.1. The second-order valence-electron chi connectivity index (χ2n) is 7.52. The van der Waals surface area contributed by atoms with Gasteiger partial charge in [-0.25, -0.2) is 23.4 Å². The molecule has 36 heavy (non-hydrogen) atoms. The Morgan fingerprint density at radius 3 is 2.56 bits per heavy atom. The number of hydrogen-bond donors (Lipinski definition) is 1. The van der Waals surface area contributed by atoms with Crippen molar-refractivity contribution in [2.45, 2.75) is 11.9 Å². The van der Waals surface area contributed by atoms with Gasteiger partial charge in [-0.15, -0.1) is 0 Å². The Labute approximate surface area is 206 Å². The van der Waals surface area contributed by atoms with Crippen molar-refractivity contribution in [1.29, 1.82) is 0 Å². The van der Waals surface area contributed by atoms with Gasteiger partial charge in [-0.2, -0.15) is 0 Å². The van der Waals surface area contributed by atoms with E-state index in [2.05, 4.69) is 36.5 Å². The first kappa shape index (κ1) is 23.1. The van der Waals surface area contributed by atoms with Gasteiger partial charge in [0.15, 0.2) is 37.9 Å². The van der Waals surface area contributed by atoms with Crippen molar-refractivity contribution in [2.24, 2.45) is 0 Å². The summed E-state index contributed by atoms with van der Waals surface area (Å²) >= 11 is 0. The highest BCUT2D eigenvalue weighted by Crippen LogP contribution is 2.39. The lowest BCUT2D eigenvalue weighted by Crippen LogP contribution is -2.05. The molecule has 0 aliphatic carbocycles. The maximum Gasteiger partial charge on any atom is 0.195 e. The fraction of sp³-hybridized carbons (Fsp3) is 0.0800. The van der Waals surface area contributed by atoms with Crippen LogP contribution in [0.2, 0.25) is 0 Å². The molecule has 0 radical (unpaired) electrons. The minimum Gasteiger partial charge on any atom is -0.452 e. The topological polar surface area (TPSA) is 133 Å². The van der Waals surface area contributed by atoms with E-state index in [9.17, 15) is 8.42 Å². The molecule has 0 bridgehead atoms. The van der Waals surface area contributed by atoms with E-state index in [1.54, 1.807) is 68.1 Å². The number of aromatic nitrogens is 6. The van der Waals surface area contributed by atoms with Crippen LogP contribution in [0.25, 0.3) is 28.6 Å². The van der Waals surface area contributed by atoms with E-state index < -0.39 is 9.84 Å². The number of imidazole rings is 1. The Bertz CT molecular complexity index is 1650. The van der Waals surface area contributed by atoms with Gasteiger partial charge >= 0.3 is 0 Å².